The Morgan fingerprint density at radius 3 is 3.35 bits per heavy atom. The molecule has 2 aromatic heterocycles. The minimum absolute atomic E-state index is 0.109. The Bertz CT molecular complexity index is 687. The van der Waals surface area contributed by atoms with Crippen LogP contribution in [0, 0.1) is 5.92 Å². The van der Waals surface area contributed by atoms with Crippen molar-refractivity contribution < 1.29 is 4.79 Å². The molecule has 1 aliphatic heterocycles. The van der Waals surface area contributed by atoms with Gasteiger partial charge in [-0.3, -0.25) is 4.79 Å². The zero-order valence-corrected chi connectivity index (χ0v) is 10.9. The minimum atomic E-state index is 0.109. The fourth-order valence-electron chi connectivity index (χ4n) is 2.57. The van der Waals surface area contributed by atoms with E-state index in [1.54, 1.807) is 11.1 Å². The number of aromatic nitrogens is 2. The zero-order chi connectivity index (χ0) is 13.9. The highest BCUT2D eigenvalue weighted by Gasteiger charge is 2.28. The van der Waals surface area contributed by atoms with E-state index in [9.17, 15) is 4.79 Å². The van der Waals surface area contributed by atoms with Crippen LogP contribution in [0.3, 0.4) is 0 Å². The number of nitrogens with zero attached hydrogens (tertiary/aromatic N) is 5. The van der Waals surface area contributed by atoms with Crippen molar-refractivity contribution in [2.45, 2.75) is 13.0 Å². The van der Waals surface area contributed by atoms with E-state index in [1.807, 2.05) is 18.3 Å². The number of likely N-dealkylation sites (tertiary alicyclic amines) is 1. The maximum absolute atomic E-state index is 11.9. The van der Waals surface area contributed by atoms with Gasteiger partial charge in [0.25, 0.3) is 0 Å². The highest BCUT2D eigenvalue weighted by atomic mass is 16.2. The van der Waals surface area contributed by atoms with Gasteiger partial charge in [0.2, 0.25) is 5.91 Å². The quantitative estimate of drug-likeness (QED) is 0.523. The lowest BCUT2D eigenvalue weighted by molar-refractivity contribution is -0.128. The predicted molar refractivity (Wildman–Crippen MR) is 73.6 cm³/mol. The van der Waals surface area contributed by atoms with Gasteiger partial charge in [-0.1, -0.05) is 5.11 Å². The highest BCUT2D eigenvalue weighted by molar-refractivity contribution is 5.79. The average Bonchev–Trinajstić information content (AvgIpc) is 3.03. The van der Waals surface area contributed by atoms with Crippen LogP contribution in [0.2, 0.25) is 0 Å². The van der Waals surface area contributed by atoms with Crippen LogP contribution in [0.15, 0.2) is 29.6 Å². The summed E-state index contributed by atoms with van der Waals surface area (Å²) in [6.45, 7) is 1.58. The van der Waals surface area contributed by atoms with Crippen LogP contribution in [0.4, 0.5) is 0 Å². The van der Waals surface area contributed by atoms with E-state index in [0.29, 0.717) is 26.1 Å². The van der Waals surface area contributed by atoms with Gasteiger partial charge in [-0.25, -0.2) is 4.98 Å². The number of fused-ring (bicyclic) bond motifs is 1. The van der Waals surface area contributed by atoms with E-state index in [1.165, 1.54) is 0 Å². The normalized spacial score (nSPS) is 18.5. The number of pyridine rings is 1. The van der Waals surface area contributed by atoms with Crippen molar-refractivity contribution in [2.24, 2.45) is 11.0 Å². The summed E-state index contributed by atoms with van der Waals surface area (Å²) in [7, 11) is 0. The number of hydrogen-bond donors (Lipinski definition) is 1. The number of nitrogens with one attached hydrogen (secondary N) is 1. The van der Waals surface area contributed by atoms with Crippen molar-refractivity contribution in [2.75, 3.05) is 13.1 Å². The van der Waals surface area contributed by atoms with Crippen molar-refractivity contribution in [3.63, 3.8) is 0 Å². The maximum Gasteiger partial charge on any atom is 0.223 e. The molecule has 1 unspecified atom stereocenters. The molecule has 2 aromatic rings. The highest BCUT2D eigenvalue weighted by Crippen LogP contribution is 2.21. The van der Waals surface area contributed by atoms with Gasteiger partial charge in [0.05, 0.1) is 0 Å². The number of rotatable bonds is 4. The standard InChI is InChI=1S/C13H14N6O/c14-18-17-6-10-4-12(20)19(8-10)7-9-3-11-1-2-15-13(11)16-5-9/h1-3,5,10H,4,6-8H2,(H,15,16). The molecule has 1 fully saturated rings. The summed E-state index contributed by atoms with van der Waals surface area (Å²) in [6, 6.07) is 3.99. The lowest BCUT2D eigenvalue weighted by Gasteiger charge is -2.16. The molecule has 3 heterocycles. The first kappa shape index (κ1) is 12.5. The SMILES string of the molecule is [N-]=[N+]=NCC1CC(=O)N(Cc2cnc3[nH]ccc3c2)C1. The third kappa shape index (κ3) is 2.44. The fourth-order valence-corrected chi connectivity index (χ4v) is 2.57. The fraction of sp³-hybridized carbons (Fsp3) is 0.385. The molecule has 1 atom stereocenters. The lowest BCUT2D eigenvalue weighted by Crippen LogP contribution is -2.24. The number of H-pyrrole nitrogens is 1. The van der Waals surface area contributed by atoms with Crippen molar-refractivity contribution >= 4 is 16.9 Å². The Kier molecular flexibility index (Phi) is 3.26. The average molecular weight is 270 g/mol. The molecule has 0 bridgehead atoms. The van der Waals surface area contributed by atoms with E-state index < -0.39 is 0 Å². The first-order valence-corrected chi connectivity index (χ1v) is 6.47. The third-order valence-electron chi connectivity index (χ3n) is 3.53. The number of aromatic amines is 1. The maximum atomic E-state index is 11.9. The van der Waals surface area contributed by atoms with E-state index in [2.05, 4.69) is 20.0 Å². The van der Waals surface area contributed by atoms with E-state index in [-0.39, 0.29) is 11.8 Å². The number of azide groups is 1. The number of carbonyl (C=O) groups is 1. The second kappa shape index (κ2) is 5.22. The molecule has 1 aliphatic rings. The van der Waals surface area contributed by atoms with Crippen LogP contribution in [-0.2, 0) is 11.3 Å². The summed E-state index contributed by atoms with van der Waals surface area (Å²) in [4.78, 5) is 23.8. The molecule has 1 saturated heterocycles. The Morgan fingerprint density at radius 1 is 1.60 bits per heavy atom. The predicted octanol–water partition coefficient (Wildman–Crippen LogP) is 2.22. The van der Waals surface area contributed by atoms with Gasteiger partial charge in [-0.2, -0.15) is 0 Å². The second-order valence-corrected chi connectivity index (χ2v) is 5.02. The van der Waals surface area contributed by atoms with Crippen molar-refractivity contribution in [3.05, 3.63) is 40.5 Å². The summed E-state index contributed by atoms with van der Waals surface area (Å²) >= 11 is 0. The molecule has 0 spiro atoms. The monoisotopic (exact) mass is 270 g/mol. The van der Waals surface area contributed by atoms with E-state index in [0.717, 1.165) is 16.6 Å². The van der Waals surface area contributed by atoms with Crippen LogP contribution in [0.1, 0.15) is 12.0 Å². The molecule has 0 aliphatic carbocycles. The van der Waals surface area contributed by atoms with Crippen molar-refractivity contribution in [1.82, 2.24) is 14.9 Å². The van der Waals surface area contributed by atoms with Crippen molar-refractivity contribution in [1.29, 1.82) is 0 Å². The number of amides is 1. The number of hydrogen-bond acceptors (Lipinski definition) is 3. The largest absolute Gasteiger partial charge is 0.346 e. The Labute approximate surface area is 115 Å². The molecule has 20 heavy (non-hydrogen) atoms. The molecule has 0 saturated carbocycles. The van der Waals surface area contributed by atoms with Crippen LogP contribution in [-0.4, -0.2) is 33.9 Å². The first-order valence-electron chi connectivity index (χ1n) is 6.47. The van der Waals surface area contributed by atoms with E-state index in [4.69, 9.17) is 5.53 Å². The van der Waals surface area contributed by atoms with Crippen LogP contribution in [0.25, 0.3) is 21.5 Å². The van der Waals surface area contributed by atoms with Crippen molar-refractivity contribution in [3.8, 4) is 0 Å². The molecular formula is C13H14N6O. The molecule has 7 heteroatoms. The van der Waals surface area contributed by atoms with Gasteiger partial charge >= 0.3 is 0 Å². The lowest BCUT2D eigenvalue weighted by atomic mass is 10.1. The summed E-state index contributed by atoms with van der Waals surface area (Å²) in [5.41, 5.74) is 10.2. The van der Waals surface area contributed by atoms with Gasteiger partial charge in [0, 0.05) is 48.7 Å². The van der Waals surface area contributed by atoms with E-state index >= 15 is 0 Å². The van der Waals surface area contributed by atoms with Gasteiger partial charge < -0.3 is 9.88 Å². The Balaban J connectivity index is 1.70. The zero-order valence-electron chi connectivity index (χ0n) is 10.9. The third-order valence-corrected chi connectivity index (χ3v) is 3.53. The van der Waals surface area contributed by atoms with Gasteiger partial charge in [0.1, 0.15) is 5.65 Å². The minimum Gasteiger partial charge on any atom is -0.346 e. The Morgan fingerprint density at radius 2 is 2.50 bits per heavy atom. The second-order valence-electron chi connectivity index (χ2n) is 5.02. The molecule has 0 aromatic carbocycles. The summed E-state index contributed by atoms with van der Waals surface area (Å²) in [5.74, 6) is 0.236. The van der Waals surface area contributed by atoms with Gasteiger partial charge in [-0.15, -0.1) is 0 Å². The molecule has 102 valence electrons. The molecular weight excluding hydrogens is 256 g/mol. The molecule has 1 N–H and O–H groups in total. The summed E-state index contributed by atoms with van der Waals surface area (Å²) < 4.78 is 0. The van der Waals surface area contributed by atoms with Gasteiger partial charge in [0.15, 0.2) is 0 Å². The first-order chi connectivity index (χ1) is 9.76. The molecule has 7 nitrogen and oxygen atoms in total. The molecule has 1 amide bonds. The topological polar surface area (TPSA) is 97.8 Å². The summed E-state index contributed by atoms with van der Waals surface area (Å²) in [5, 5.41) is 4.59. The smallest absolute Gasteiger partial charge is 0.223 e. The number of carbonyl (C=O) groups excluding carboxylic acids is 1. The van der Waals surface area contributed by atoms with Crippen LogP contribution in [0.5, 0.6) is 0 Å². The Hall–Kier alpha value is -2.53. The molecule has 0 radical (unpaired) electrons. The van der Waals surface area contributed by atoms with Crippen LogP contribution < -0.4 is 0 Å². The summed E-state index contributed by atoms with van der Waals surface area (Å²) in [6.07, 6.45) is 4.09. The van der Waals surface area contributed by atoms with Gasteiger partial charge in [-0.05, 0) is 29.1 Å². The van der Waals surface area contributed by atoms with Crippen LogP contribution >= 0.6 is 0 Å². The molecule has 3 rings (SSSR count).